The van der Waals surface area contributed by atoms with Gasteiger partial charge in [0.2, 0.25) is 0 Å². The van der Waals surface area contributed by atoms with Crippen LogP contribution in [-0.2, 0) is 19.5 Å². The van der Waals surface area contributed by atoms with E-state index in [-0.39, 0.29) is 0 Å². The molecule has 0 aliphatic carbocycles. The van der Waals surface area contributed by atoms with Crippen LogP contribution in [0.25, 0.3) is 22.5 Å². The molecule has 0 fully saturated rings. The summed E-state index contributed by atoms with van der Waals surface area (Å²) >= 11 is 0. The van der Waals surface area contributed by atoms with Crippen LogP contribution in [0.5, 0.6) is 0 Å². The number of benzene rings is 1. The maximum atomic E-state index is 4.85. The summed E-state index contributed by atoms with van der Waals surface area (Å²) in [6.07, 6.45) is 11.4. The highest BCUT2D eigenvalue weighted by Crippen LogP contribution is 2.29. The lowest BCUT2D eigenvalue weighted by Crippen LogP contribution is -2.01. The number of aromatic nitrogens is 8. The fourth-order valence-corrected chi connectivity index (χ4v) is 3.57. The third-order valence-electron chi connectivity index (χ3n) is 5.20. The topological polar surface area (TPSA) is 87.2 Å². The molecule has 5 aromatic rings. The summed E-state index contributed by atoms with van der Waals surface area (Å²) in [5, 5.41) is 8.89. The van der Waals surface area contributed by atoms with Gasteiger partial charge in [-0.1, -0.05) is 24.3 Å². The Hall–Kier alpha value is -4.20. The van der Waals surface area contributed by atoms with Crippen molar-refractivity contribution in [3.63, 3.8) is 0 Å². The van der Waals surface area contributed by atoms with Crippen molar-refractivity contribution in [3.05, 3.63) is 96.9 Å². The molecule has 4 aromatic heterocycles. The lowest BCUT2D eigenvalue weighted by molar-refractivity contribution is 0.662. The minimum absolute atomic E-state index is 0.654. The standard InChI is InChI=1S/C24H22N8/c1-2-31-15-21(24(30-31)20-4-3-10-25-13-20)22-9-11-27-23(29-22)12-18-5-7-19(8-6-18)14-32-17-26-16-28-32/h3-11,13,15-17H,2,12,14H2,1H3. The average molecular weight is 422 g/mol. The average Bonchev–Trinajstić information content (AvgIpc) is 3.51. The van der Waals surface area contributed by atoms with Crippen LogP contribution in [0.3, 0.4) is 0 Å². The molecule has 0 atom stereocenters. The minimum atomic E-state index is 0.654. The first kappa shape index (κ1) is 19.7. The van der Waals surface area contributed by atoms with Gasteiger partial charge < -0.3 is 0 Å². The Morgan fingerprint density at radius 3 is 2.53 bits per heavy atom. The zero-order chi connectivity index (χ0) is 21.8. The molecular formula is C24H22N8. The van der Waals surface area contributed by atoms with Gasteiger partial charge in [0.15, 0.2) is 0 Å². The highest BCUT2D eigenvalue weighted by atomic mass is 15.3. The predicted octanol–water partition coefficient (Wildman–Crippen LogP) is 3.65. The first-order valence-corrected chi connectivity index (χ1v) is 10.5. The Morgan fingerprint density at radius 1 is 0.906 bits per heavy atom. The van der Waals surface area contributed by atoms with Crippen molar-refractivity contribution >= 4 is 0 Å². The lowest BCUT2D eigenvalue weighted by atomic mass is 10.1. The summed E-state index contributed by atoms with van der Waals surface area (Å²) in [4.78, 5) is 17.6. The van der Waals surface area contributed by atoms with Crippen LogP contribution < -0.4 is 0 Å². The van der Waals surface area contributed by atoms with Crippen LogP contribution in [0.2, 0.25) is 0 Å². The molecule has 0 N–H and O–H groups in total. The SMILES string of the molecule is CCn1cc(-c2ccnc(Cc3ccc(Cn4cncn4)cc3)n2)c(-c2cccnc2)n1. The largest absolute Gasteiger partial charge is 0.272 e. The van der Waals surface area contributed by atoms with Crippen molar-refractivity contribution in [2.45, 2.75) is 26.4 Å². The van der Waals surface area contributed by atoms with Crippen molar-refractivity contribution in [2.75, 3.05) is 0 Å². The zero-order valence-corrected chi connectivity index (χ0v) is 17.7. The molecule has 0 bridgehead atoms. The molecule has 158 valence electrons. The Labute approximate surface area is 185 Å². The Morgan fingerprint density at radius 2 is 1.78 bits per heavy atom. The molecule has 8 heteroatoms. The van der Waals surface area contributed by atoms with Crippen LogP contribution >= 0.6 is 0 Å². The van der Waals surface area contributed by atoms with Crippen LogP contribution in [0, 0.1) is 0 Å². The third kappa shape index (κ3) is 4.29. The van der Waals surface area contributed by atoms with E-state index in [0.717, 1.165) is 40.4 Å². The van der Waals surface area contributed by atoms with Gasteiger partial charge >= 0.3 is 0 Å². The molecule has 32 heavy (non-hydrogen) atoms. The van der Waals surface area contributed by atoms with Gasteiger partial charge in [-0.25, -0.2) is 19.6 Å². The Balaban J connectivity index is 1.39. The number of rotatable bonds is 7. The summed E-state index contributed by atoms with van der Waals surface area (Å²) in [6, 6.07) is 14.3. The fourth-order valence-electron chi connectivity index (χ4n) is 3.57. The molecule has 0 radical (unpaired) electrons. The van der Waals surface area contributed by atoms with Crippen LogP contribution in [0.15, 0.2) is 79.9 Å². The zero-order valence-electron chi connectivity index (χ0n) is 17.7. The second kappa shape index (κ2) is 8.89. The summed E-state index contributed by atoms with van der Waals surface area (Å²) in [6.45, 7) is 3.55. The second-order valence-corrected chi connectivity index (χ2v) is 7.43. The van der Waals surface area contributed by atoms with E-state index in [0.29, 0.717) is 13.0 Å². The van der Waals surface area contributed by atoms with Gasteiger partial charge in [-0.15, -0.1) is 0 Å². The molecule has 0 aliphatic rings. The molecule has 0 unspecified atom stereocenters. The maximum absolute atomic E-state index is 4.85. The summed E-state index contributed by atoms with van der Waals surface area (Å²) in [7, 11) is 0. The molecule has 4 heterocycles. The monoisotopic (exact) mass is 422 g/mol. The van der Waals surface area contributed by atoms with E-state index in [1.165, 1.54) is 5.56 Å². The van der Waals surface area contributed by atoms with Gasteiger partial charge in [0, 0.05) is 48.9 Å². The van der Waals surface area contributed by atoms with Crippen LogP contribution in [0.4, 0.5) is 0 Å². The molecular weight excluding hydrogens is 400 g/mol. The summed E-state index contributed by atoms with van der Waals surface area (Å²) in [5.41, 5.74) is 6.01. The number of pyridine rings is 1. The van der Waals surface area contributed by atoms with Gasteiger partial charge in [-0.3, -0.25) is 9.67 Å². The first-order chi connectivity index (χ1) is 15.8. The second-order valence-electron chi connectivity index (χ2n) is 7.43. The fraction of sp³-hybridized carbons (Fsp3) is 0.167. The molecule has 0 saturated carbocycles. The molecule has 0 aliphatic heterocycles. The van der Waals surface area contributed by atoms with E-state index in [1.54, 1.807) is 23.5 Å². The van der Waals surface area contributed by atoms with E-state index in [9.17, 15) is 0 Å². The highest BCUT2D eigenvalue weighted by Gasteiger charge is 2.15. The van der Waals surface area contributed by atoms with Crippen molar-refractivity contribution < 1.29 is 0 Å². The molecule has 0 saturated heterocycles. The van der Waals surface area contributed by atoms with Gasteiger partial charge in [-0.2, -0.15) is 10.2 Å². The van der Waals surface area contributed by atoms with Gasteiger partial charge in [0.1, 0.15) is 24.2 Å². The van der Waals surface area contributed by atoms with Gasteiger partial charge in [-0.05, 0) is 36.2 Å². The summed E-state index contributed by atoms with van der Waals surface area (Å²) in [5.74, 6) is 0.771. The quantitative estimate of drug-likeness (QED) is 0.398. The maximum Gasteiger partial charge on any atom is 0.137 e. The minimum Gasteiger partial charge on any atom is -0.272 e. The third-order valence-corrected chi connectivity index (χ3v) is 5.20. The molecule has 5 rings (SSSR count). The number of nitrogens with zero attached hydrogens (tertiary/aromatic N) is 8. The number of aryl methyl sites for hydroxylation is 1. The van der Waals surface area contributed by atoms with E-state index in [4.69, 9.17) is 10.1 Å². The van der Waals surface area contributed by atoms with E-state index < -0.39 is 0 Å². The van der Waals surface area contributed by atoms with Gasteiger partial charge in [0.25, 0.3) is 0 Å². The molecule has 0 amide bonds. The first-order valence-electron chi connectivity index (χ1n) is 10.5. The summed E-state index contributed by atoms with van der Waals surface area (Å²) < 4.78 is 3.73. The molecule has 0 spiro atoms. The Bertz CT molecular complexity index is 1290. The van der Waals surface area contributed by atoms with Crippen molar-refractivity contribution in [1.29, 1.82) is 0 Å². The number of hydrogen-bond acceptors (Lipinski definition) is 6. The number of hydrogen-bond donors (Lipinski definition) is 0. The predicted molar refractivity (Wildman–Crippen MR) is 121 cm³/mol. The van der Waals surface area contributed by atoms with Crippen molar-refractivity contribution in [3.8, 4) is 22.5 Å². The van der Waals surface area contributed by atoms with Crippen molar-refractivity contribution in [2.24, 2.45) is 0 Å². The smallest absolute Gasteiger partial charge is 0.137 e. The lowest BCUT2D eigenvalue weighted by Gasteiger charge is -2.06. The molecule has 1 aromatic carbocycles. The van der Waals surface area contributed by atoms with E-state index in [1.807, 2.05) is 41.5 Å². The van der Waals surface area contributed by atoms with Crippen LogP contribution in [0.1, 0.15) is 23.9 Å². The Kier molecular flexibility index (Phi) is 5.48. The normalized spacial score (nSPS) is 11.0. The van der Waals surface area contributed by atoms with E-state index in [2.05, 4.69) is 51.2 Å². The van der Waals surface area contributed by atoms with E-state index >= 15 is 0 Å². The van der Waals surface area contributed by atoms with Crippen molar-refractivity contribution in [1.82, 2.24) is 39.5 Å². The highest BCUT2D eigenvalue weighted by molar-refractivity contribution is 5.78. The molecule has 8 nitrogen and oxygen atoms in total. The van der Waals surface area contributed by atoms with Gasteiger partial charge in [0.05, 0.1) is 12.2 Å². The van der Waals surface area contributed by atoms with Crippen LogP contribution in [-0.4, -0.2) is 39.5 Å².